The van der Waals surface area contributed by atoms with Crippen LogP contribution in [0.25, 0.3) is 21.9 Å². The van der Waals surface area contributed by atoms with Crippen molar-refractivity contribution in [3.8, 4) is 5.75 Å². The molecule has 0 aliphatic heterocycles. The number of hydrogen-bond acceptors (Lipinski definition) is 6. The van der Waals surface area contributed by atoms with Crippen molar-refractivity contribution in [1.29, 1.82) is 0 Å². The predicted molar refractivity (Wildman–Crippen MR) is 119 cm³/mol. The highest BCUT2D eigenvalue weighted by Gasteiger charge is 2.14. The number of aromatic nitrogens is 3. The summed E-state index contributed by atoms with van der Waals surface area (Å²) in [5.41, 5.74) is 8.26. The van der Waals surface area contributed by atoms with Gasteiger partial charge in [-0.2, -0.15) is 0 Å². The molecule has 0 aliphatic rings. The molecule has 0 spiro atoms. The minimum absolute atomic E-state index is 0.457. The number of fused-ring (bicyclic) bond motifs is 3. The molecule has 0 saturated heterocycles. The lowest BCUT2D eigenvalue weighted by Gasteiger charge is -2.10. The highest BCUT2D eigenvalue weighted by atomic mass is 16.5. The fourth-order valence-electron chi connectivity index (χ4n) is 3.29. The molecule has 0 amide bonds. The van der Waals surface area contributed by atoms with E-state index in [-0.39, 0.29) is 0 Å². The summed E-state index contributed by atoms with van der Waals surface area (Å²) in [6.45, 7) is 7.56. The predicted octanol–water partition coefficient (Wildman–Crippen LogP) is 4.37. The number of benzene rings is 1. The Kier molecular flexibility index (Phi) is 8.07. The van der Waals surface area contributed by atoms with Crippen LogP contribution < -0.4 is 15.8 Å². The first-order chi connectivity index (χ1) is 14.3. The minimum Gasteiger partial charge on any atom is -0.494 e. The van der Waals surface area contributed by atoms with Crippen molar-refractivity contribution in [3.05, 3.63) is 24.0 Å². The summed E-state index contributed by atoms with van der Waals surface area (Å²) in [6.07, 6.45) is 5.44. The lowest BCUT2D eigenvalue weighted by molar-refractivity contribution is 0.129. The van der Waals surface area contributed by atoms with Crippen molar-refractivity contribution in [1.82, 2.24) is 15.0 Å². The zero-order valence-corrected chi connectivity index (χ0v) is 17.6. The number of rotatable bonds is 13. The summed E-state index contributed by atoms with van der Waals surface area (Å²) in [5, 5.41) is 4.40. The molecule has 3 aromatic rings. The molecular formula is C22H33N5O2. The SMILES string of the molecule is CCCNc1nc2ccc(OCCCCCCN)cc2c2nc(COCC)[nH]c12. The second-order valence-corrected chi connectivity index (χ2v) is 7.16. The lowest BCUT2D eigenvalue weighted by atomic mass is 10.1. The number of unbranched alkanes of at least 4 members (excludes halogenated alkanes) is 3. The van der Waals surface area contributed by atoms with Crippen molar-refractivity contribution in [2.75, 3.05) is 31.6 Å². The Morgan fingerprint density at radius 3 is 2.76 bits per heavy atom. The van der Waals surface area contributed by atoms with E-state index in [1.807, 2.05) is 25.1 Å². The van der Waals surface area contributed by atoms with Gasteiger partial charge < -0.3 is 25.5 Å². The van der Waals surface area contributed by atoms with Gasteiger partial charge in [-0.3, -0.25) is 0 Å². The van der Waals surface area contributed by atoms with E-state index in [1.54, 1.807) is 0 Å². The van der Waals surface area contributed by atoms with E-state index >= 15 is 0 Å². The Bertz CT molecular complexity index is 909. The highest BCUT2D eigenvalue weighted by molar-refractivity contribution is 6.07. The Labute approximate surface area is 172 Å². The van der Waals surface area contributed by atoms with Gasteiger partial charge in [0.2, 0.25) is 0 Å². The monoisotopic (exact) mass is 399 g/mol. The minimum atomic E-state index is 0.457. The number of nitrogens with one attached hydrogen (secondary N) is 2. The van der Waals surface area contributed by atoms with Crippen molar-refractivity contribution in [2.24, 2.45) is 5.73 Å². The molecule has 29 heavy (non-hydrogen) atoms. The van der Waals surface area contributed by atoms with E-state index in [0.717, 1.165) is 84.5 Å². The Balaban J connectivity index is 1.85. The van der Waals surface area contributed by atoms with E-state index < -0.39 is 0 Å². The maximum Gasteiger partial charge on any atom is 0.152 e. The number of ether oxygens (including phenoxy) is 2. The largest absolute Gasteiger partial charge is 0.494 e. The molecule has 7 heteroatoms. The molecule has 0 unspecified atom stereocenters. The zero-order valence-electron chi connectivity index (χ0n) is 17.6. The molecule has 0 fully saturated rings. The third-order valence-electron chi connectivity index (χ3n) is 4.80. The van der Waals surface area contributed by atoms with E-state index in [4.69, 9.17) is 25.2 Å². The quantitative estimate of drug-likeness (QED) is 0.369. The number of hydrogen-bond donors (Lipinski definition) is 3. The normalized spacial score (nSPS) is 11.4. The third kappa shape index (κ3) is 5.58. The number of imidazole rings is 1. The first-order valence-corrected chi connectivity index (χ1v) is 10.7. The van der Waals surface area contributed by atoms with Gasteiger partial charge >= 0.3 is 0 Å². The topological polar surface area (TPSA) is 98.1 Å². The molecule has 0 saturated carbocycles. The molecule has 158 valence electrons. The fraction of sp³-hybridized carbons (Fsp3) is 0.545. The van der Waals surface area contributed by atoms with E-state index in [2.05, 4.69) is 17.2 Å². The van der Waals surface area contributed by atoms with Gasteiger partial charge in [0, 0.05) is 18.5 Å². The summed E-state index contributed by atoms with van der Waals surface area (Å²) >= 11 is 0. The van der Waals surface area contributed by atoms with Crippen LogP contribution in [0.4, 0.5) is 5.82 Å². The Hall–Kier alpha value is -2.38. The van der Waals surface area contributed by atoms with Gasteiger partial charge in [-0.1, -0.05) is 19.8 Å². The van der Waals surface area contributed by atoms with E-state index in [1.165, 1.54) is 0 Å². The van der Waals surface area contributed by atoms with E-state index in [9.17, 15) is 0 Å². The lowest BCUT2D eigenvalue weighted by Crippen LogP contribution is -2.03. The average molecular weight is 400 g/mol. The van der Waals surface area contributed by atoms with Crippen LogP contribution in [0.3, 0.4) is 0 Å². The summed E-state index contributed by atoms with van der Waals surface area (Å²) in [5.74, 6) is 2.49. The van der Waals surface area contributed by atoms with Crippen molar-refractivity contribution in [2.45, 2.75) is 52.6 Å². The molecule has 0 radical (unpaired) electrons. The van der Waals surface area contributed by atoms with Gasteiger partial charge in [-0.05, 0) is 50.9 Å². The molecular weight excluding hydrogens is 366 g/mol. The first-order valence-electron chi connectivity index (χ1n) is 10.7. The summed E-state index contributed by atoms with van der Waals surface area (Å²) in [4.78, 5) is 13.0. The molecule has 2 aromatic heterocycles. The highest BCUT2D eigenvalue weighted by Crippen LogP contribution is 2.30. The molecule has 0 aliphatic carbocycles. The number of nitrogens with zero attached hydrogens (tertiary/aromatic N) is 2. The van der Waals surface area contributed by atoms with Crippen LogP contribution in [0.15, 0.2) is 18.2 Å². The number of anilines is 1. The van der Waals surface area contributed by atoms with E-state index in [0.29, 0.717) is 19.8 Å². The number of nitrogens with two attached hydrogens (primary N) is 1. The second kappa shape index (κ2) is 11.0. The number of pyridine rings is 1. The number of H-pyrrole nitrogens is 1. The molecule has 7 nitrogen and oxygen atoms in total. The maximum atomic E-state index is 5.97. The van der Waals surface area contributed by atoms with Crippen LogP contribution in [-0.4, -0.2) is 41.3 Å². The van der Waals surface area contributed by atoms with Crippen LogP contribution >= 0.6 is 0 Å². The summed E-state index contributed by atoms with van der Waals surface area (Å²) < 4.78 is 11.5. The molecule has 1 aromatic carbocycles. The van der Waals surface area contributed by atoms with Crippen LogP contribution in [0.5, 0.6) is 5.75 Å². The molecule has 2 heterocycles. The van der Waals surface area contributed by atoms with Gasteiger partial charge in [0.15, 0.2) is 5.82 Å². The maximum absolute atomic E-state index is 5.97. The van der Waals surface area contributed by atoms with Crippen LogP contribution in [0, 0.1) is 0 Å². The van der Waals surface area contributed by atoms with Gasteiger partial charge in [-0.15, -0.1) is 0 Å². The zero-order chi connectivity index (χ0) is 20.5. The van der Waals surface area contributed by atoms with Crippen LogP contribution in [0.1, 0.15) is 51.8 Å². The Morgan fingerprint density at radius 2 is 1.97 bits per heavy atom. The summed E-state index contributed by atoms with van der Waals surface area (Å²) in [7, 11) is 0. The molecule has 0 bridgehead atoms. The standard InChI is InChI=1S/C22H33N5O2/c1-3-12-24-22-21-20(26-19(27-21)15-28-4-2)17-14-16(9-10-18(17)25-22)29-13-8-6-5-7-11-23/h9-10,14H,3-8,11-13,15,23H2,1-2H3,(H,24,25)(H,26,27). The van der Waals surface area contributed by atoms with Gasteiger partial charge in [-0.25, -0.2) is 9.97 Å². The smallest absolute Gasteiger partial charge is 0.152 e. The van der Waals surface area contributed by atoms with Crippen molar-refractivity contribution in [3.63, 3.8) is 0 Å². The average Bonchev–Trinajstić information content (AvgIpc) is 3.17. The summed E-state index contributed by atoms with van der Waals surface area (Å²) in [6, 6.07) is 6.03. The molecule has 3 rings (SSSR count). The van der Waals surface area contributed by atoms with Gasteiger partial charge in [0.25, 0.3) is 0 Å². The molecule has 0 atom stereocenters. The van der Waals surface area contributed by atoms with Crippen molar-refractivity contribution < 1.29 is 9.47 Å². The third-order valence-corrected chi connectivity index (χ3v) is 4.80. The van der Waals surface area contributed by atoms with Crippen molar-refractivity contribution >= 4 is 27.8 Å². The first kappa shape index (κ1) is 21.3. The van der Waals surface area contributed by atoms with Gasteiger partial charge in [0.05, 0.1) is 12.1 Å². The van der Waals surface area contributed by atoms with Crippen LogP contribution in [-0.2, 0) is 11.3 Å². The van der Waals surface area contributed by atoms with Gasteiger partial charge in [0.1, 0.15) is 29.2 Å². The fourth-order valence-corrected chi connectivity index (χ4v) is 3.29. The molecule has 4 N–H and O–H groups in total. The Morgan fingerprint density at radius 1 is 1.10 bits per heavy atom. The second-order valence-electron chi connectivity index (χ2n) is 7.16. The number of aromatic amines is 1. The van der Waals surface area contributed by atoms with Crippen LogP contribution in [0.2, 0.25) is 0 Å².